The smallest absolute Gasteiger partial charge is 0.138 e. The molecule has 0 amide bonds. The molecule has 0 aliphatic rings. The molecule has 5 heteroatoms. The molecule has 0 unspecified atom stereocenters. The molecule has 0 radical (unpaired) electrons. The van der Waals surface area contributed by atoms with Gasteiger partial charge < -0.3 is 5.32 Å². The Morgan fingerprint density at radius 3 is 2.53 bits per heavy atom. The molecule has 0 bridgehead atoms. The molecule has 100 valence electrons. The average molecular weight is 296 g/mol. The largest absolute Gasteiger partial charge is 0.340 e. The van der Waals surface area contributed by atoms with E-state index < -0.39 is 0 Å². The molecule has 19 heavy (non-hydrogen) atoms. The lowest BCUT2D eigenvalue weighted by molar-refractivity contribution is 0.850. The number of aryl methyl sites for hydroxylation is 1. The van der Waals surface area contributed by atoms with Crippen molar-refractivity contribution < 1.29 is 0 Å². The fourth-order valence-electron chi connectivity index (χ4n) is 1.88. The molecule has 1 heterocycles. The summed E-state index contributed by atoms with van der Waals surface area (Å²) < 4.78 is 0. The maximum atomic E-state index is 6.14. The minimum atomic E-state index is 0.240. The van der Waals surface area contributed by atoms with E-state index in [1.54, 1.807) is 0 Å². The van der Waals surface area contributed by atoms with Gasteiger partial charge in [0.15, 0.2) is 0 Å². The summed E-state index contributed by atoms with van der Waals surface area (Å²) >= 11 is 12.1. The Morgan fingerprint density at radius 1 is 1.16 bits per heavy atom. The maximum Gasteiger partial charge on any atom is 0.138 e. The van der Waals surface area contributed by atoms with Crippen molar-refractivity contribution in [2.75, 3.05) is 5.32 Å². The van der Waals surface area contributed by atoms with Crippen LogP contribution >= 0.6 is 23.2 Å². The van der Waals surface area contributed by atoms with Crippen molar-refractivity contribution >= 4 is 34.7 Å². The van der Waals surface area contributed by atoms with Crippen molar-refractivity contribution in [3.05, 3.63) is 45.8 Å². The first-order valence-corrected chi connectivity index (χ1v) is 6.78. The minimum Gasteiger partial charge on any atom is -0.340 e. The Bertz CT molecular complexity index is 597. The second-order valence-corrected chi connectivity index (χ2v) is 5.46. The lowest BCUT2D eigenvalue weighted by atomic mass is 10.1. The first kappa shape index (κ1) is 14.1. The number of hydrogen-bond acceptors (Lipinski definition) is 3. The Labute approximate surface area is 123 Å². The van der Waals surface area contributed by atoms with Gasteiger partial charge in [0.1, 0.15) is 17.3 Å². The maximum absolute atomic E-state index is 6.14. The molecule has 0 saturated carbocycles. The van der Waals surface area contributed by atoms with Crippen LogP contribution in [0.2, 0.25) is 10.2 Å². The zero-order valence-corrected chi connectivity index (χ0v) is 12.5. The fraction of sp³-hybridized carbons (Fsp3) is 0.286. The van der Waals surface area contributed by atoms with Crippen molar-refractivity contribution in [2.24, 2.45) is 0 Å². The standard InChI is InChI=1S/C14H15Cl2N3/c1-8(2)12-13(16)17-7-18-14(12)19-11-5-4-10(15)6-9(11)3/h4-8H,1-3H3,(H,17,18,19). The molecule has 2 aromatic rings. The lowest BCUT2D eigenvalue weighted by Gasteiger charge is -2.15. The highest BCUT2D eigenvalue weighted by Gasteiger charge is 2.14. The first-order chi connectivity index (χ1) is 8.99. The summed E-state index contributed by atoms with van der Waals surface area (Å²) in [7, 11) is 0. The Hall–Kier alpha value is -1.32. The van der Waals surface area contributed by atoms with E-state index >= 15 is 0 Å². The molecule has 0 aliphatic heterocycles. The van der Waals surface area contributed by atoms with Crippen LogP contribution < -0.4 is 5.32 Å². The highest BCUT2D eigenvalue weighted by atomic mass is 35.5. The summed E-state index contributed by atoms with van der Waals surface area (Å²) in [4.78, 5) is 8.31. The van der Waals surface area contributed by atoms with Crippen LogP contribution in [0.3, 0.4) is 0 Å². The van der Waals surface area contributed by atoms with Gasteiger partial charge in [0.05, 0.1) is 0 Å². The van der Waals surface area contributed by atoms with Gasteiger partial charge in [-0.3, -0.25) is 0 Å². The monoisotopic (exact) mass is 295 g/mol. The number of nitrogens with one attached hydrogen (secondary N) is 1. The second kappa shape index (κ2) is 5.76. The van der Waals surface area contributed by atoms with E-state index in [1.807, 2.05) is 25.1 Å². The number of benzene rings is 1. The van der Waals surface area contributed by atoms with Crippen LogP contribution in [0.5, 0.6) is 0 Å². The van der Waals surface area contributed by atoms with Crippen LogP contribution in [0.15, 0.2) is 24.5 Å². The van der Waals surface area contributed by atoms with Gasteiger partial charge in [0, 0.05) is 16.3 Å². The summed E-state index contributed by atoms with van der Waals surface area (Å²) in [5.41, 5.74) is 2.93. The number of aromatic nitrogens is 2. The zero-order valence-electron chi connectivity index (χ0n) is 11.0. The van der Waals surface area contributed by atoms with Crippen LogP contribution in [-0.4, -0.2) is 9.97 Å². The molecule has 0 spiro atoms. The fourth-order valence-corrected chi connectivity index (χ4v) is 2.46. The van der Waals surface area contributed by atoms with Crippen molar-refractivity contribution in [1.29, 1.82) is 0 Å². The average Bonchev–Trinajstić information content (AvgIpc) is 2.32. The third kappa shape index (κ3) is 3.17. The predicted octanol–water partition coefficient (Wildman–Crippen LogP) is 4.96. The van der Waals surface area contributed by atoms with Crippen molar-refractivity contribution in [3.8, 4) is 0 Å². The third-order valence-electron chi connectivity index (χ3n) is 2.85. The molecule has 0 aliphatic carbocycles. The summed E-state index contributed by atoms with van der Waals surface area (Å²) in [5, 5.41) is 4.50. The highest BCUT2D eigenvalue weighted by Crippen LogP contribution is 2.31. The van der Waals surface area contributed by atoms with E-state index in [4.69, 9.17) is 23.2 Å². The van der Waals surface area contributed by atoms with Crippen molar-refractivity contribution in [1.82, 2.24) is 9.97 Å². The van der Waals surface area contributed by atoms with E-state index in [2.05, 4.69) is 29.1 Å². The second-order valence-electron chi connectivity index (χ2n) is 4.67. The Morgan fingerprint density at radius 2 is 1.89 bits per heavy atom. The molecule has 0 atom stereocenters. The first-order valence-electron chi connectivity index (χ1n) is 6.02. The van der Waals surface area contributed by atoms with Gasteiger partial charge in [0.2, 0.25) is 0 Å². The normalized spacial score (nSPS) is 10.8. The van der Waals surface area contributed by atoms with Gasteiger partial charge in [0.25, 0.3) is 0 Å². The van der Waals surface area contributed by atoms with Gasteiger partial charge in [-0.1, -0.05) is 37.0 Å². The molecule has 3 nitrogen and oxygen atoms in total. The molecule has 2 rings (SSSR count). The quantitative estimate of drug-likeness (QED) is 0.813. The number of hydrogen-bond donors (Lipinski definition) is 1. The van der Waals surface area contributed by atoms with Crippen molar-refractivity contribution in [3.63, 3.8) is 0 Å². The third-order valence-corrected chi connectivity index (χ3v) is 3.39. The van der Waals surface area contributed by atoms with Crippen LogP contribution in [-0.2, 0) is 0 Å². The van der Waals surface area contributed by atoms with Crippen LogP contribution in [0.25, 0.3) is 0 Å². The van der Waals surface area contributed by atoms with Gasteiger partial charge in [-0.2, -0.15) is 0 Å². The zero-order chi connectivity index (χ0) is 14.0. The molecular weight excluding hydrogens is 281 g/mol. The van der Waals surface area contributed by atoms with E-state index in [9.17, 15) is 0 Å². The van der Waals surface area contributed by atoms with E-state index in [1.165, 1.54) is 6.33 Å². The SMILES string of the molecule is Cc1cc(Cl)ccc1Nc1ncnc(Cl)c1C(C)C. The molecule has 1 aromatic heterocycles. The van der Waals surface area contributed by atoms with E-state index in [0.717, 1.165) is 22.6 Å². The van der Waals surface area contributed by atoms with Gasteiger partial charge in [-0.05, 0) is 36.6 Å². The number of rotatable bonds is 3. The summed E-state index contributed by atoms with van der Waals surface area (Å²) in [6, 6.07) is 5.67. The van der Waals surface area contributed by atoms with Crippen molar-refractivity contribution in [2.45, 2.75) is 26.7 Å². The van der Waals surface area contributed by atoms with Gasteiger partial charge >= 0.3 is 0 Å². The van der Waals surface area contributed by atoms with E-state index in [-0.39, 0.29) is 5.92 Å². The summed E-state index contributed by atoms with van der Waals surface area (Å²) in [6.45, 7) is 6.11. The summed E-state index contributed by atoms with van der Waals surface area (Å²) in [5.74, 6) is 0.976. The molecule has 1 N–H and O–H groups in total. The number of anilines is 2. The van der Waals surface area contributed by atoms with Crippen LogP contribution in [0.4, 0.5) is 11.5 Å². The topological polar surface area (TPSA) is 37.8 Å². The van der Waals surface area contributed by atoms with E-state index in [0.29, 0.717) is 10.2 Å². The van der Waals surface area contributed by atoms with Crippen LogP contribution in [0.1, 0.15) is 30.9 Å². The number of nitrogens with zero attached hydrogens (tertiary/aromatic N) is 2. The lowest BCUT2D eigenvalue weighted by Crippen LogP contribution is -2.03. The van der Waals surface area contributed by atoms with Crippen LogP contribution in [0, 0.1) is 6.92 Å². The van der Waals surface area contributed by atoms with Gasteiger partial charge in [-0.25, -0.2) is 9.97 Å². The molecule has 0 saturated heterocycles. The summed E-state index contributed by atoms with van der Waals surface area (Å²) in [6.07, 6.45) is 1.46. The molecule has 0 fully saturated rings. The number of halogens is 2. The predicted molar refractivity (Wildman–Crippen MR) is 80.6 cm³/mol. The Kier molecular flexibility index (Phi) is 4.27. The molecule has 1 aromatic carbocycles. The highest BCUT2D eigenvalue weighted by molar-refractivity contribution is 6.31. The minimum absolute atomic E-state index is 0.240. The Balaban J connectivity index is 2.41. The van der Waals surface area contributed by atoms with Gasteiger partial charge in [-0.15, -0.1) is 0 Å². The molecular formula is C14H15Cl2N3.